The zero-order valence-corrected chi connectivity index (χ0v) is 9.98. The van der Waals surface area contributed by atoms with Gasteiger partial charge in [-0.05, 0) is 12.8 Å². The second-order valence-electron chi connectivity index (χ2n) is 4.66. The molecule has 1 amide bonds. The van der Waals surface area contributed by atoms with Gasteiger partial charge in [-0.1, -0.05) is 12.8 Å². The fourth-order valence-corrected chi connectivity index (χ4v) is 1.93. The van der Waals surface area contributed by atoms with Crippen LogP contribution in [-0.4, -0.2) is 59.2 Å². The molecule has 0 spiro atoms. The van der Waals surface area contributed by atoms with E-state index in [0.717, 1.165) is 25.7 Å². The number of hydrogen-bond donors (Lipinski definition) is 5. The van der Waals surface area contributed by atoms with Gasteiger partial charge in [0.25, 0.3) is 0 Å². The van der Waals surface area contributed by atoms with Crippen molar-refractivity contribution in [3.8, 4) is 0 Å². The third-order valence-corrected chi connectivity index (χ3v) is 3.25. The predicted molar refractivity (Wildman–Crippen MR) is 62.4 cm³/mol. The van der Waals surface area contributed by atoms with Gasteiger partial charge in [0.2, 0.25) is 5.91 Å². The molecular weight excluding hydrogens is 224 g/mol. The van der Waals surface area contributed by atoms with Gasteiger partial charge in [-0.2, -0.15) is 0 Å². The highest BCUT2D eigenvalue weighted by Crippen LogP contribution is 2.17. The molecule has 0 aromatic rings. The number of amides is 1. The highest BCUT2D eigenvalue weighted by Gasteiger charge is 2.28. The van der Waals surface area contributed by atoms with E-state index in [1.807, 2.05) is 0 Å². The van der Waals surface area contributed by atoms with Crippen LogP contribution in [0.2, 0.25) is 0 Å². The third kappa shape index (κ3) is 4.23. The van der Waals surface area contributed by atoms with E-state index >= 15 is 0 Å². The Labute approximate surface area is 101 Å². The molecule has 0 atom stereocenters. The first-order valence-electron chi connectivity index (χ1n) is 6.03. The zero-order valence-electron chi connectivity index (χ0n) is 9.98. The van der Waals surface area contributed by atoms with Crippen molar-refractivity contribution in [2.45, 2.75) is 37.3 Å². The topological polar surface area (TPSA) is 102 Å². The summed E-state index contributed by atoms with van der Waals surface area (Å²) in [6, 6.07) is 0.246. The van der Waals surface area contributed by atoms with Crippen LogP contribution in [0.1, 0.15) is 25.7 Å². The summed E-state index contributed by atoms with van der Waals surface area (Å²) < 4.78 is 0. The zero-order chi connectivity index (χ0) is 12.7. The summed E-state index contributed by atoms with van der Waals surface area (Å²) >= 11 is 0. The molecule has 0 unspecified atom stereocenters. The van der Waals surface area contributed by atoms with Crippen molar-refractivity contribution in [1.82, 2.24) is 10.6 Å². The fraction of sp³-hybridized carbons (Fsp3) is 0.909. The van der Waals surface area contributed by atoms with Gasteiger partial charge in [-0.15, -0.1) is 0 Å². The lowest BCUT2D eigenvalue weighted by Crippen LogP contribution is -2.57. The first-order valence-corrected chi connectivity index (χ1v) is 6.03. The molecule has 0 aliphatic heterocycles. The normalized spacial score (nSPS) is 17.4. The second kappa shape index (κ2) is 6.90. The molecule has 1 fully saturated rings. The van der Waals surface area contributed by atoms with Crippen LogP contribution in [-0.2, 0) is 4.79 Å². The van der Waals surface area contributed by atoms with Gasteiger partial charge in [0.05, 0.1) is 31.9 Å². The summed E-state index contributed by atoms with van der Waals surface area (Å²) in [5.74, 6) is -0.170. The molecule has 5 N–H and O–H groups in total. The van der Waals surface area contributed by atoms with Crippen LogP contribution in [0.3, 0.4) is 0 Å². The van der Waals surface area contributed by atoms with Gasteiger partial charge in [0.1, 0.15) is 0 Å². The molecule has 17 heavy (non-hydrogen) atoms. The highest BCUT2D eigenvalue weighted by molar-refractivity contribution is 5.78. The summed E-state index contributed by atoms with van der Waals surface area (Å²) in [6.07, 6.45) is 4.31. The van der Waals surface area contributed by atoms with Crippen LogP contribution in [0.15, 0.2) is 0 Å². The highest BCUT2D eigenvalue weighted by atomic mass is 16.3. The molecule has 0 saturated heterocycles. The van der Waals surface area contributed by atoms with Gasteiger partial charge in [-0.25, -0.2) is 0 Å². The van der Waals surface area contributed by atoms with Crippen LogP contribution in [0, 0.1) is 0 Å². The Balaban J connectivity index is 2.30. The molecule has 6 nitrogen and oxygen atoms in total. The molecule has 0 heterocycles. The Bertz CT molecular complexity index is 229. The molecule has 1 rings (SSSR count). The summed E-state index contributed by atoms with van der Waals surface area (Å²) in [6.45, 7) is -1.28. The Morgan fingerprint density at radius 2 is 1.65 bits per heavy atom. The van der Waals surface area contributed by atoms with Crippen molar-refractivity contribution in [2.75, 3.05) is 26.4 Å². The molecule has 1 aliphatic rings. The van der Waals surface area contributed by atoms with E-state index < -0.39 is 25.4 Å². The average molecular weight is 246 g/mol. The summed E-state index contributed by atoms with van der Waals surface area (Å²) in [5, 5.41) is 32.7. The van der Waals surface area contributed by atoms with Crippen molar-refractivity contribution in [1.29, 1.82) is 0 Å². The van der Waals surface area contributed by atoms with Crippen LogP contribution >= 0.6 is 0 Å². The number of aliphatic hydroxyl groups is 3. The summed E-state index contributed by atoms with van der Waals surface area (Å²) in [7, 11) is 0. The molecule has 0 aromatic heterocycles. The number of aliphatic hydroxyl groups excluding tert-OH is 3. The van der Waals surface area contributed by atoms with E-state index in [4.69, 9.17) is 15.3 Å². The quantitative estimate of drug-likeness (QED) is 0.370. The van der Waals surface area contributed by atoms with Crippen molar-refractivity contribution in [3.05, 3.63) is 0 Å². The van der Waals surface area contributed by atoms with Crippen molar-refractivity contribution in [2.24, 2.45) is 0 Å². The molecule has 6 heteroatoms. The number of hydrogen-bond acceptors (Lipinski definition) is 5. The standard InChI is InChI=1S/C11H22N2O4/c14-6-11(7-15,8-16)12-5-10(17)13-9-3-1-2-4-9/h9,12,14-16H,1-8H2,(H,13,17). The number of carbonyl (C=O) groups excluding carboxylic acids is 1. The smallest absolute Gasteiger partial charge is 0.234 e. The van der Waals surface area contributed by atoms with Crippen LogP contribution in [0.25, 0.3) is 0 Å². The van der Waals surface area contributed by atoms with Gasteiger partial charge >= 0.3 is 0 Å². The average Bonchev–Trinajstić information content (AvgIpc) is 2.84. The Morgan fingerprint density at radius 3 is 2.12 bits per heavy atom. The Kier molecular flexibility index (Phi) is 5.84. The first kappa shape index (κ1) is 14.4. The van der Waals surface area contributed by atoms with E-state index in [0.29, 0.717) is 0 Å². The lowest BCUT2D eigenvalue weighted by atomic mass is 10.0. The SMILES string of the molecule is O=C(CNC(CO)(CO)CO)NC1CCCC1. The van der Waals surface area contributed by atoms with Gasteiger partial charge < -0.3 is 20.6 Å². The Morgan fingerprint density at radius 1 is 1.12 bits per heavy atom. The van der Waals surface area contributed by atoms with E-state index in [1.54, 1.807) is 0 Å². The van der Waals surface area contributed by atoms with Crippen LogP contribution in [0.4, 0.5) is 0 Å². The number of rotatable bonds is 7. The predicted octanol–water partition coefficient (Wildman–Crippen LogP) is -1.65. The minimum Gasteiger partial charge on any atom is -0.394 e. The first-order chi connectivity index (χ1) is 8.15. The third-order valence-electron chi connectivity index (χ3n) is 3.25. The molecule has 0 bridgehead atoms. The van der Waals surface area contributed by atoms with E-state index in [2.05, 4.69) is 10.6 Å². The maximum absolute atomic E-state index is 11.6. The maximum Gasteiger partial charge on any atom is 0.234 e. The van der Waals surface area contributed by atoms with E-state index in [9.17, 15) is 4.79 Å². The minimum absolute atomic E-state index is 0.0157. The van der Waals surface area contributed by atoms with Gasteiger partial charge in [0.15, 0.2) is 0 Å². The number of carbonyl (C=O) groups is 1. The largest absolute Gasteiger partial charge is 0.394 e. The number of nitrogens with one attached hydrogen (secondary N) is 2. The molecule has 1 saturated carbocycles. The fourth-order valence-electron chi connectivity index (χ4n) is 1.93. The van der Waals surface area contributed by atoms with Crippen LogP contribution in [0.5, 0.6) is 0 Å². The lowest BCUT2D eigenvalue weighted by molar-refractivity contribution is -0.121. The summed E-state index contributed by atoms with van der Waals surface area (Å²) in [5.41, 5.74) is -1.19. The Hall–Kier alpha value is -0.690. The second-order valence-corrected chi connectivity index (χ2v) is 4.66. The summed E-state index contributed by atoms with van der Waals surface area (Å²) in [4.78, 5) is 11.6. The van der Waals surface area contributed by atoms with Gasteiger partial charge in [0, 0.05) is 6.04 Å². The molecule has 0 aromatic carbocycles. The monoisotopic (exact) mass is 246 g/mol. The minimum atomic E-state index is -1.19. The maximum atomic E-state index is 11.6. The molecule has 100 valence electrons. The van der Waals surface area contributed by atoms with Crippen molar-refractivity contribution >= 4 is 5.91 Å². The lowest BCUT2D eigenvalue weighted by Gasteiger charge is -2.28. The van der Waals surface area contributed by atoms with E-state index in [1.165, 1.54) is 0 Å². The van der Waals surface area contributed by atoms with Crippen LogP contribution < -0.4 is 10.6 Å². The molecule has 0 radical (unpaired) electrons. The molecular formula is C11H22N2O4. The molecule has 1 aliphatic carbocycles. The van der Waals surface area contributed by atoms with Crippen molar-refractivity contribution in [3.63, 3.8) is 0 Å². The van der Waals surface area contributed by atoms with Crippen molar-refractivity contribution < 1.29 is 20.1 Å². The van der Waals surface area contributed by atoms with E-state index in [-0.39, 0.29) is 18.5 Å². The van der Waals surface area contributed by atoms with Gasteiger partial charge in [-0.3, -0.25) is 10.1 Å².